The van der Waals surface area contributed by atoms with Crippen LogP contribution in [0.1, 0.15) is 38.1 Å². The van der Waals surface area contributed by atoms with Crippen molar-refractivity contribution in [1.29, 1.82) is 0 Å². The normalized spacial score (nSPS) is 10.6. The Morgan fingerprint density at radius 3 is 2.41 bits per heavy atom. The summed E-state index contributed by atoms with van der Waals surface area (Å²) in [6.45, 7) is 5.30. The zero-order chi connectivity index (χ0) is 16.6. The van der Waals surface area contributed by atoms with Gasteiger partial charge in [-0.05, 0) is 26.8 Å². The first-order valence-corrected chi connectivity index (χ1v) is 6.86. The molecule has 0 unspecified atom stereocenters. The van der Waals surface area contributed by atoms with Gasteiger partial charge in [0.25, 0.3) is 11.8 Å². The highest BCUT2D eigenvalue weighted by Gasteiger charge is 2.24. The molecule has 118 valence electrons. The van der Waals surface area contributed by atoms with Gasteiger partial charge in [-0.3, -0.25) is 14.3 Å². The first-order chi connectivity index (χ1) is 10.2. The van der Waals surface area contributed by atoms with Crippen molar-refractivity contribution in [1.82, 2.24) is 14.7 Å². The summed E-state index contributed by atoms with van der Waals surface area (Å²) in [5.41, 5.74) is 1.79. The first-order valence-electron chi connectivity index (χ1n) is 6.86. The number of anilines is 1. The Balaban J connectivity index is 2.39. The third kappa shape index (κ3) is 2.74. The molecule has 0 aliphatic carbocycles. The molecular formula is C15H20N4O3. The number of carbonyl (C=O) groups excluding carboxylic acids is 2. The minimum absolute atomic E-state index is 0.219. The molecule has 0 atom stereocenters. The number of hydrogen-bond donors (Lipinski definition) is 1. The predicted molar refractivity (Wildman–Crippen MR) is 82.1 cm³/mol. The highest BCUT2D eigenvalue weighted by atomic mass is 16.3. The molecule has 2 heterocycles. The van der Waals surface area contributed by atoms with Crippen molar-refractivity contribution < 1.29 is 14.0 Å². The molecule has 2 aromatic rings. The second-order valence-corrected chi connectivity index (χ2v) is 5.41. The molecule has 0 aromatic carbocycles. The molecule has 0 spiro atoms. The number of nitrogens with zero attached hydrogens (tertiary/aromatic N) is 3. The fourth-order valence-electron chi connectivity index (χ4n) is 2.16. The van der Waals surface area contributed by atoms with Crippen LogP contribution in [-0.4, -0.2) is 40.6 Å². The molecule has 7 nitrogen and oxygen atoms in total. The molecule has 22 heavy (non-hydrogen) atoms. The van der Waals surface area contributed by atoms with Crippen molar-refractivity contribution in [2.24, 2.45) is 7.05 Å². The van der Waals surface area contributed by atoms with Crippen LogP contribution in [0, 0.1) is 20.8 Å². The summed E-state index contributed by atoms with van der Waals surface area (Å²) >= 11 is 0. The monoisotopic (exact) mass is 304 g/mol. The highest BCUT2D eigenvalue weighted by Crippen LogP contribution is 2.23. The van der Waals surface area contributed by atoms with E-state index in [1.54, 1.807) is 52.7 Å². The summed E-state index contributed by atoms with van der Waals surface area (Å²) in [5, 5.41) is 6.97. The Labute approximate surface area is 128 Å². The smallest absolute Gasteiger partial charge is 0.276 e. The number of hydrogen-bond acceptors (Lipinski definition) is 4. The molecule has 2 aromatic heterocycles. The number of rotatable bonds is 3. The van der Waals surface area contributed by atoms with Crippen molar-refractivity contribution in [2.75, 3.05) is 19.4 Å². The van der Waals surface area contributed by atoms with Crippen LogP contribution in [0.15, 0.2) is 10.5 Å². The second kappa shape index (κ2) is 5.67. The molecule has 0 bridgehead atoms. The standard InChI is InChI=1S/C15H20N4O3/c1-8-7-11(10(3)22-8)14(20)16-12-9(2)19(6)17-13(12)15(21)18(4)5/h7H,1-6H3,(H,16,20). The van der Waals surface area contributed by atoms with Crippen molar-refractivity contribution in [2.45, 2.75) is 20.8 Å². The summed E-state index contributed by atoms with van der Waals surface area (Å²) in [4.78, 5) is 26.0. The average molecular weight is 304 g/mol. The Bertz CT molecular complexity index is 740. The van der Waals surface area contributed by atoms with Crippen molar-refractivity contribution in [3.63, 3.8) is 0 Å². The van der Waals surface area contributed by atoms with E-state index in [0.717, 1.165) is 0 Å². The van der Waals surface area contributed by atoms with Crippen LogP contribution in [-0.2, 0) is 7.05 Å². The molecule has 0 saturated heterocycles. The lowest BCUT2D eigenvalue weighted by atomic mass is 10.2. The zero-order valence-corrected chi connectivity index (χ0v) is 13.6. The number of aromatic nitrogens is 2. The quantitative estimate of drug-likeness (QED) is 0.939. The first kappa shape index (κ1) is 15.8. The van der Waals surface area contributed by atoms with Crippen molar-refractivity contribution in [3.05, 3.63) is 34.5 Å². The molecule has 0 fully saturated rings. The van der Waals surface area contributed by atoms with Crippen LogP contribution >= 0.6 is 0 Å². The molecular weight excluding hydrogens is 284 g/mol. The SMILES string of the molecule is Cc1cc(C(=O)Nc2c(C(=O)N(C)C)nn(C)c2C)c(C)o1. The summed E-state index contributed by atoms with van der Waals surface area (Å²) < 4.78 is 6.94. The van der Waals surface area contributed by atoms with Gasteiger partial charge < -0.3 is 14.6 Å². The summed E-state index contributed by atoms with van der Waals surface area (Å²) in [6, 6.07) is 1.67. The van der Waals surface area contributed by atoms with E-state index in [4.69, 9.17) is 4.42 Å². The lowest BCUT2D eigenvalue weighted by Crippen LogP contribution is -2.24. The Morgan fingerprint density at radius 1 is 1.27 bits per heavy atom. The third-order valence-electron chi connectivity index (χ3n) is 3.47. The van der Waals surface area contributed by atoms with E-state index < -0.39 is 0 Å². The van der Waals surface area contributed by atoms with E-state index >= 15 is 0 Å². The molecule has 1 N–H and O–H groups in total. The zero-order valence-electron chi connectivity index (χ0n) is 13.6. The van der Waals surface area contributed by atoms with Gasteiger partial charge in [0.2, 0.25) is 0 Å². The molecule has 2 amide bonds. The van der Waals surface area contributed by atoms with E-state index in [1.807, 2.05) is 0 Å². The Hall–Kier alpha value is -2.57. The van der Waals surface area contributed by atoms with Crippen LogP contribution < -0.4 is 5.32 Å². The topological polar surface area (TPSA) is 80.4 Å². The molecule has 7 heteroatoms. The lowest BCUT2D eigenvalue weighted by molar-refractivity contribution is 0.0822. The van der Waals surface area contributed by atoms with Crippen LogP contribution in [0.25, 0.3) is 0 Å². The maximum atomic E-state index is 12.4. The van der Waals surface area contributed by atoms with Gasteiger partial charge in [0.1, 0.15) is 11.5 Å². The molecule has 0 aliphatic heterocycles. The largest absolute Gasteiger partial charge is 0.466 e. The van der Waals surface area contributed by atoms with Crippen LogP contribution in [0.3, 0.4) is 0 Å². The molecule has 0 aliphatic rings. The number of aryl methyl sites for hydroxylation is 3. The lowest BCUT2D eigenvalue weighted by Gasteiger charge is -2.10. The van der Waals surface area contributed by atoms with E-state index in [0.29, 0.717) is 28.5 Å². The number of carbonyl (C=O) groups is 2. The van der Waals surface area contributed by atoms with E-state index in [9.17, 15) is 9.59 Å². The maximum Gasteiger partial charge on any atom is 0.276 e. The summed E-state index contributed by atoms with van der Waals surface area (Å²) in [6.07, 6.45) is 0. The van der Waals surface area contributed by atoms with Gasteiger partial charge in [-0.15, -0.1) is 0 Å². The maximum absolute atomic E-state index is 12.4. The summed E-state index contributed by atoms with van der Waals surface area (Å²) in [5.74, 6) is 0.615. The number of furan rings is 1. The van der Waals surface area contributed by atoms with Gasteiger partial charge in [0.15, 0.2) is 5.69 Å². The highest BCUT2D eigenvalue weighted by molar-refractivity contribution is 6.09. The van der Waals surface area contributed by atoms with E-state index in [2.05, 4.69) is 10.4 Å². The number of amides is 2. The molecule has 0 saturated carbocycles. The summed E-state index contributed by atoms with van der Waals surface area (Å²) in [7, 11) is 5.01. The number of nitrogens with one attached hydrogen (secondary N) is 1. The van der Waals surface area contributed by atoms with Crippen molar-refractivity contribution in [3.8, 4) is 0 Å². The Morgan fingerprint density at radius 2 is 1.91 bits per heavy atom. The van der Waals surface area contributed by atoms with Gasteiger partial charge in [0, 0.05) is 21.1 Å². The van der Waals surface area contributed by atoms with Crippen LogP contribution in [0.2, 0.25) is 0 Å². The minimum atomic E-state index is -0.321. The average Bonchev–Trinajstić information content (AvgIpc) is 2.91. The van der Waals surface area contributed by atoms with Gasteiger partial charge in [-0.1, -0.05) is 0 Å². The van der Waals surface area contributed by atoms with E-state index in [-0.39, 0.29) is 17.5 Å². The Kier molecular flexibility index (Phi) is 4.07. The van der Waals surface area contributed by atoms with Crippen LogP contribution in [0.4, 0.5) is 5.69 Å². The fraction of sp³-hybridized carbons (Fsp3) is 0.400. The van der Waals surface area contributed by atoms with Crippen molar-refractivity contribution >= 4 is 17.5 Å². The molecule has 0 radical (unpaired) electrons. The van der Waals surface area contributed by atoms with Crippen LogP contribution in [0.5, 0.6) is 0 Å². The third-order valence-corrected chi connectivity index (χ3v) is 3.47. The van der Waals surface area contributed by atoms with Gasteiger partial charge >= 0.3 is 0 Å². The van der Waals surface area contributed by atoms with Gasteiger partial charge in [-0.25, -0.2) is 0 Å². The van der Waals surface area contributed by atoms with E-state index in [1.165, 1.54) is 4.90 Å². The van der Waals surface area contributed by atoms with Gasteiger partial charge in [-0.2, -0.15) is 5.10 Å². The predicted octanol–water partition coefficient (Wildman–Crippen LogP) is 1.89. The second-order valence-electron chi connectivity index (χ2n) is 5.41. The molecule has 2 rings (SSSR count). The minimum Gasteiger partial charge on any atom is -0.466 e. The van der Waals surface area contributed by atoms with Gasteiger partial charge in [0.05, 0.1) is 16.9 Å². The fourth-order valence-corrected chi connectivity index (χ4v) is 2.16.